The van der Waals surface area contributed by atoms with Gasteiger partial charge in [-0.05, 0) is 78.1 Å². The molecule has 276 valence electrons. The van der Waals surface area contributed by atoms with Gasteiger partial charge in [-0.3, -0.25) is 15.0 Å². The maximum Gasteiger partial charge on any atom is 0.249 e. The molecule has 14 nitrogen and oxygen atoms in total. The normalized spacial score (nSPS) is 15.0. The smallest absolute Gasteiger partial charge is 0.249 e. The SMILES string of the molecule is Cc1cc(O)cc(C)c1C[C@H](NC(=O)[C@H](N)C1CCN(C(=N)N)CC1)C(=O)N[C@@H](Cc1c[nH]cn1)c1nc(Cc2ccc(-c3ccccc3)cc2)no1. The van der Waals surface area contributed by atoms with Gasteiger partial charge in [-0.2, -0.15) is 4.98 Å². The number of phenolic OH excluding ortho intramolecular Hbond substituents is 1. The average molecular weight is 719 g/mol. The van der Waals surface area contributed by atoms with E-state index in [-0.39, 0.29) is 36.4 Å². The first-order chi connectivity index (χ1) is 25.5. The van der Waals surface area contributed by atoms with Crippen molar-refractivity contribution in [1.82, 2.24) is 35.6 Å². The van der Waals surface area contributed by atoms with E-state index in [4.69, 9.17) is 21.4 Å². The minimum atomic E-state index is -1.03. The van der Waals surface area contributed by atoms with Crippen molar-refractivity contribution < 1.29 is 19.2 Å². The number of hydrogen-bond acceptors (Lipinski definition) is 9. The topological polar surface area (TPSA) is 225 Å². The van der Waals surface area contributed by atoms with E-state index in [2.05, 4.69) is 55.0 Å². The molecule has 0 unspecified atom stereocenters. The zero-order chi connectivity index (χ0) is 37.5. The number of aromatic amines is 1. The van der Waals surface area contributed by atoms with Crippen LogP contribution in [0.2, 0.25) is 0 Å². The number of carbonyl (C=O) groups excluding carboxylic acids is 2. The fourth-order valence-electron chi connectivity index (χ4n) is 6.88. The Kier molecular flexibility index (Phi) is 11.5. The summed E-state index contributed by atoms with van der Waals surface area (Å²) < 4.78 is 5.74. The van der Waals surface area contributed by atoms with Crippen LogP contribution in [0.5, 0.6) is 5.75 Å². The molecule has 0 radical (unpaired) electrons. The molecule has 0 bridgehead atoms. The molecule has 1 aliphatic heterocycles. The molecule has 53 heavy (non-hydrogen) atoms. The van der Waals surface area contributed by atoms with E-state index < -0.39 is 29.9 Å². The third kappa shape index (κ3) is 9.26. The van der Waals surface area contributed by atoms with E-state index in [1.165, 1.54) is 0 Å². The number of rotatable bonds is 13. The second-order valence-electron chi connectivity index (χ2n) is 13.7. The number of carbonyl (C=O) groups is 2. The number of imidazole rings is 1. The summed E-state index contributed by atoms with van der Waals surface area (Å²) in [5.74, 6) is -0.309. The van der Waals surface area contributed by atoms with E-state index in [9.17, 15) is 14.7 Å². The number of nitrogens with zero attached hydrogens (tertiary/aromatic N) is 4. The number of aromatic nitrogens is 4. The molecule has 1 fully saturated rings. The van der Waals surface area contributed by atoms with Crippen LogP contribution < -0.4 is 22.1 Å². The summed E-state index contributed by atoms with van der Waals surface area (Å²) in [5, 5.41) is 28.1. The zero-order valence-electron chi connectivity index (χ0n) is 29.9. The average Bonchev–Trinajstić information content (AvgIpc) is 3.85. The lowest BCUT2D eigenvalue weighted by molar-refractivity contribution is -0.131. The number of likely N-dealkylation sites (tertiary alicyclic amines) is 1. The highest BCUT2D eigenvalue weighted by atomic mass is 16.5. The van der Waals surface area contributed by atoms with Crippen LogP contribution in [0.3, 0.4) is 0 Å². The van der Waals surface area contributed by atoms with E-state index in [1.54, 1.807) is 29.6 Å². The van der Waals surface area contributed by atoms with Gasteiger partial charge in [-0.25, -0.2) is 4.98 Å². The van der Waals surface area contributed by atoms with Gasteiger partial charge < -0.3 is 41.6 Å². The van der Waals surface area contributed by atoms with Crippen LogP contribution in [-0.2, 0) is 28.9 Å². The Bertz CT molecular complexity index is 1980. The number of hydrogen-bond donors (Lipinski definition) is 7. The van der Waals surface area contributed by atoms with Gasteiger partial charge in [0, 0.05) is 38.5 Å². The number of piperidine rings is 1. The molecule has 3 heterocycles. The molecule has 1 aliphatic rings. The molecule has 2 amide bonds. The Labute approximate surface area is 307 Å². The van der Waals surface area contributed by atoms with Crippen molar-refractivity contribution in [3.63, 3.8) is 0 Å². The quantitative estimate of drug-likeness (QED) is 0.0694. The third-order valence-electron chi connectivity index (χ3n) is 9.90. The van der Waals surface area contributed by atoms with Crippen LogP contribution in [-0.4, -0.2) is 73.1 Å². The van der Waals surface area contributed by atoms with Crippen molar-refractivity contribution in [3.8, 4) is 16.9 Å². The van der Waals surface area contributed by atoms with Gasteiger partial charge >= 0.3 is 0 Å². The summed E-state index contributed by atoms with van der Waals surface area (Å²) in [4.78, 5) is 41.7. The molecule has 3 atom stereocenters. The number of amides is 2. The lowest BCUT2D eigenvalue weighted by Gasteiger charge is -2.34. The van der Waals surface area contributed by atoms with Crippen molar-refractivity contribution >= 4 is 17.8 Å². The summed E-state index contributed by atoms with van der Waals surface area (Å²) in [6.07, 6.45) is 5.26. The second-order valence-corrected chi connectivity index (χ2v) is 13.7. The van der Waals surface area contributed by atoms with Crippen LogP contribution in [0, 0.1) is 25.2 Å². The van der Waals surface area contributed by atoms with Crippen molar-refractivity contribution in [3.05, 3.63) is 119 Å². The summed E-state index contributed by atoms with van der Waals surface area (Å²) in [5.41, 5.74) is 18.4. The Morgan fingerprint density at radius 3 is 2.32 bits per heavy atom. The second kappa shape index (κ2) is 16.5. The van der Waals surface area contributed by atoms with Crippen LogP contribution in [0.1, 0.15) is 58.5 Å². The van der Waals surface area contributed by atoms with E-state index >= 15 is 0 Å². The number of nitrogens with two attached hydrogens (primary N) is 2. The number of aromatic hydroxyl groups is 1. The fraction of sp³-hybridized carbons (Fsp3) is 0.333. The van der Waals surface area contributed by atoms with Crippen molar-refractivity contribution in [2.75, 3.05) is 13.1 Å². The van der Waals surface area contributed by atoms with E-state index in [1.807, 2.05) is 44.2 Å². The highest BCUT2D eigenvalue weighted by molar-refractivity contribution is 5.90. The number of H-pyrrole nitrogens is 1. The van der Waals surface area contributed by atoms with Gasteiger partial charge in [0.25, 0.3) is 0 Å². The molecular weight excluding hydrogens is 672 g/mol. The summed E-state index contributed by atoms with van der Waals surface area (Å²) in [7, 11) is 0. The van der Waals surface area contributed by atoms with Gasteiger partial charge in [0.05, 0.1) is 18.1 Å². The Morgan fingerprint density at radius 1 is 1.00 bits per heavy atom. The Balaban J connectivity index is 1.21. The zero-order valence-corrected chi connectivity index (χ0v) is 29.9. The largest absolute Gasteiger partial charge is 0.508 e. The van der Waals surface area contributed by atoms with Gasteiger partial charge in [0.2, 0.25) is 17.7 Å². The molecule has 0 aliphatic carbocycles. The van der Waals surface area contributed by atoms with Crippen LogP contribution in [0.4, 0.5) is 0 Å². The molecule has 9 N–H and O–H groups in total. The monoisotopic (exact) mass is 718 g/mol. The first-order valence-electron chi connectivity index (χ1n) is 17.7. The first-order valence-corrected chi connectivity index (χ1v) is 17.7. The Morgan fingerprint density at radius 2 is 1.68 bits per heavy atom. The van der Waals surface area contributed by atoms with Crippen LogP contribution in [0.15, 0.2) is 83.8 Å². The number of benzene rings is 3. The van der Waals surface area contributed by atoms with Crippen molar-refractivity contribution in [1.29, 1.82) is 5.41 Å². The van der Waals surface area contributed by atoms with E-state index in [0.717, 1.165) is 33.4 Å². The number of aryl methyl sites for hydroxylation is 2. The number of phenols is 1. The van der Waals surface area contributed by atoms with Crippen LogP contribution in [0.25, 0.3) is 11.1 Å². The molecule has 6 rings (SSSR count). The van der Waals surface area contributed by atoms with Gasteiger partial charge in [-0.1, -0.05) is 59.8 Å². The number of guanidine groups is 1. The predicted molar refractivity (Wildman–Crippen MR) is 200 cm³/mol. The molecular formula is C39H46N10O4. The summed E-state index contributed by atoms with van der Waals surface area (Å²) in [6, 6.07) is 18.9. The molecule has 0 saturated carbocycles. The van der Waals surface area contributed by atoms with Crippen molar-refractivity contribution in [2.45, 2.75) is 64.1 Å². The van der Waals surface area contributed by atoms with Gasteiger partial charge in [-0.15, -0.1) is 0 Å². The summed E-state index contributed by atoms with van der Waals surface area (Å²) >= 11 is 0. The maximum atomic E-state index is 14.3. The van der Waals surface area contributed by atoms with Gasteiger partial charge in [0.1, 0.15) is 17.8 Å². The first kappa shape index (κ1) is 36.8. The molecule has 3 aromatic carbocycles. The molecule has 14 heteroatoms. The molecule has 5 aromatic rings. The standard InChI is InChI=1S/C39H46N10O4/c1-23-16-30(50)17-24(2)31(23)20-32(45-37(52)35(40)28-12-14-49(15-13-28)39(41)42)36(51)46-33(19-29-21-43-22-44-29)38-47-34(48-53-38)18-25-8-10-27(11-9-25)26-6-4-3-5-7-26/h3-11,16-17,21-22,28,32-33,35,50H,12-15,18-20,40H2,1-2H3,(H3,41,42)(H,43,44)(H,45,52)(H,46,51)/t32-,33-,35+/m0/s1. The number of nitrogens with one attached hydrogen (secondary N) is 4. The Hall–Kier alpha value is -6.02. The minimum Gasteiger partial charge on any atom is -0.508 e. The maximum absolute atomic E-state index is 14.3. The van der Waals surface area contributed by atoms with E-state index in [0.29, 0.717) is 43.9 Å². The minimum absolute atomic E-state index is 0.00639. The summed E-state index contributed by atoms with van der Waals surface area (Å²) in [6.45, 7) is 4.75. The predicted octanol–water partition coefficient (Wildman–Crippen LogP) is 3.43. The van der Waals surface area contributed by atoms with Gasteiger partial charge in [0.15, 0.2) is 11.8 Å². The highest BCUT2D eigenvalue weighted by Crippen LogP contribution is 2.25. The van der Waals surface area contributed by atoms with Crippen molar-refractivity contribution in [2.24, 2.45) is 17.4 Å². The lowest BCUT2D eigenvalue weighted by Crippen LogP contribution is -2.56. The lowest BCUT2D eigenvalue weighted by atomic mass is 9.89. The van der Waals surface area contributed by atoms with Crippen LogP contribution >= 0.6 is 0 Å². The molecule has 0 spiro atoms. The highest BCUT2D eigenvalue weighted by Gasteiger charge is 2.33. The fourth-order valence-corrected chi connectivity index (χ4v) is 6.88. The molecule has 2 aromatic heterocycles. The third-order valence-corrected chi connectivity index (χ3v) is 9.90. The molecule has 1 saturated heterocycles.